The van der Waals surface area contributed by atoms with E-state index in [1.807, 2.05) is 26.0 Å². The van der Waals surface area contributed by atoms with Crippen molar-refractivity contribution in [2.45, 2.75) is 44.3 Å². The van der Waals surface area contributed by atoms with Gasteiger partial charge in [-0.3, -0.25) is 0 Å². The molecule has 5 heteroatoms. The summed E-state index contributed by atoms with van der Waals surface area (Å²) in [6, 6.07) is 4.08. The minimum absolute atomic E-state index is 0.0260. The summed E-state index contributed by atoms with van der Waals surface area (Å²) in [6.45, 7) is 8.05. The molecule has 0 spiro atoms. The van der Waals surface area contributed by atoms with E-state index < -0.39 is 5.79 Å². The van der Waals surface area contributed by atoms with Gasteiger partial charge in [-0.15, -0.1) is 6.58 Å². The van der Waals surface area contributed by atoms with Crippen LogP contribution in [0.25, 0.3) is 11.0 Å². The largest absolute Gasteiger partial charge is 0.344 e. The van der Waals surface area contributed by atoms with Crippen molar-refractivity contribution in [3.63, 3.8) is 0 Å². The third-order valence-electron chi connectivity index (χ3n) is 5.77. The second kappa shape index (κ2) is 4.18. The zero-order valence-corrected chi connectivity index (χ0v) is 14.0. The molecule has 23 heavy (non-hydrogen) atoms. The molecule has 1 saturated heterocycles. The third kappa shape index (κ3) is 1.66. The van der Waals surface area contributed by atoms with Gasteiger partial charge in [0.15, 0.2) is 5.79 Å². The normalized spacial score (nSPS) is 40.1. The maximum absolute atomic E-state index is 6.31. The standard InChI is InChI=1S/C18H19ClN2O2/c1-4-18-9-11(18)13(14-15(18)23-17(2,3)22-14)21-8-6-10-12(19)5-7-20-16(10)21/h4-8,11,13-15H,1,9H2,2-3H3/t11-,13-,14+,15+,18-/m1/s1. The second-order valence-corrected chi connectivity index (χ2v) is 7.80. The van der Waals surface area contributed by atoms with Gasteiger partial charge >= 0.3 is 0 Å². The first-order chi connectivity index (χ1) is 11.0. The number of hydrogen-bond donors (Lipinski definition) is 0. The molecular formula is C18H19ClN2O2. The Kier molecular flexibility index (Phi) is 2.55. The molecule has 0 N–H and O–H groups in total. The molecule has 0 bridgehead atoms. The van der Waals surface area contributed by atoms with Gasteiger partial charge in [-0.2, -0.15) is 0 Å². The number of aromatic nitrogens is 2. The summed E-state index contributed by atoms with van der Waals surface area (Å²) in [5.41, 5.74) is 0.958. The van der Waals surface area contributed by atoms with Gasteiger partial charge in [0.1, 0.15) is 11.8 Å². The van der Waals surface area contributed by atoms with Crippen LogP contribution in [0, 0.1) is 11.3 Å². The average Bonchev–Trinajstić information content (AvgIpc) is 2.78. The maximum atomic E-state index is 6.31. The van der Waals surface area contributed by atoms with Crippen molar-refractivity contribution >= 4 is 22.6 Å². The zero-order chi connectivity index (χ0) is 16.0. The van der Waals surface area contributed by atoms with Crippen molar-refractivity contribution in [3.05, 3.63) is 42.2 Å². The van der Waals surface area contributed by atoms with E-state index in [0.29, 0.717) is 5.92 Å². The minimum Gasteiger partial charge on any atom is -0.344 e. The lowest BCUT2D eigenvalue weighted by Crippen LogP contribution is -2.31. The molecule has 5 atom stereocenters. The van der Waals surface area contributed by atoms with E-state index >= 15 is 0 Å². The molecule has 0 radical (unpaired) electrons. The Morgan fingerprint density at radius 3 is 3.00 bits per heavy atom. The fraction of sp³-hybridized carbons (Fsp3) is 0.500. The van der Waals surface area contributed by atoms with Crippen molar-refractivity contribution < 1.29 is 9.47 Å². The van der Waals surface area contributed by atoms with Gasteiger partial charge in [0.05, 0.1) is 17.2 Å². The lowest BCUT2D eigenvalue weighted by molar-refractivity contribution is -0.159. The quantitative estimate of drug-likeness (QED) is 0.782. The highest BCUT2D eigenvalue weighted by molar-refractivity contribution is 6.35. The summed E-state index contributed by atoms with van der Waals surface area (Å²) in [5.74, 6) is -0.0620. The van der Waals surface area contributed by atoms with Gasteiger partial charge in [-0.25, -0.2) is 4.98 Å². The second-order valence-electron chi connectivity index (χ2n) is 7.39. The Bertz CT molecular complexity index is 830. The molecule has 4 nitrogen and oxygen atoms in total. The average molecular weight is 331 g/mol. The monoisotopic (exact) mass is 330 g/mol. The number of halogens is 1. The molecule has 2 saturated carbocycles. The van der Waals surface area contributed by atoms with Crippen LogP contribution in [0.1, 0.15) is 26.3 Å². The Morgan fingerprint density at radius 1 is 1.39 bits per heavy atom. The number of rotatable bonds is 2. The Morgan fingerprint density at radius 2 is 2.22 bits per heavy atom. The number of fused-ring (bicyclic) bond motifs is 4. The van der Waals surface area contributed by atoms with Gasteiger partial charge in [-0.1, -0.05) is 17.7 Å². The number of ether oxygens (including phenoxy) is 2. The van der Waals surface area contributed by atoms with Gasteiger partial charge < -0.3 is 14.0 Å². The minimum atomic E-state index is -0.550. The first-order valence-electron chi connectivity index (χ1n) is 8.07. The predicted octanol–water partition coefficient (Wildman–Crippen LogP) is 3.96. The third-order valence-corrected chi connectivity index (χ3v) is 6.10. The molecule has 5 rings (SSSR count). The summed E-state index contributed by atoms with van der Waals surface area (Å²) in [7, 11) is 0. The van der Waals surface area contributed by atoms with Crippen molar-refractivity contribution in [2.24, 2.45) is 11.3 Å². The van der Waals surface area contributed by atoms with E-state index in [1.54, 1.807) is 6.20 Å². The summed E-state index contributed by atoms with van der Waals surface area (Å²) in [5, 5.41) is 1.72. The topological polar surface area (TPSA) is 36.3 Å². The van der Waals surface area contributed by atoms with E-state index in [2.05, 4.69) is 28.4 Å². The van der Waals surface area contributed by atoms with Crippen molar-refractivity contribution in [1.82, 2.24) is 9.55 Å². The highest BCUT2D eigenvalue weighted by Crippen LogP contribution is 2.72. The van der Waals surface area contributed by atoms with Crippen LogP contribution < -0.4 is 0 Å². The van der Waals surface area contributed by atoms with Crippen molar-refractivity contribution in [1.29, 1.82) is 0 Å². The Balaban J connectivity index is 1.65. The molecule has 3 heterocycles. The van der Waals surface area contributed by atoms with E-state index in [4.69, 9.17) is 21.1 Å². The molecule has 2 aromatic heterocycles. The van der Waals surface area contributed by atoms with E-state index in [9.17, 15) is 0 Å². The first-order valence-corrected chi connectivity index (χ1v) is 8.45. The van der Waals surface area contributed by atoms with E-state index in [0.717, 1.165) is 22.5 Å². The summed E-state index contributed by atoms with van der Waals surface area (Å²) >= 11 is 6.31. The van der Waals surface area contributed by atoms with Gasteiger partial charge in [0, 0.05) is 23.2 Å². The van der Waals surface area contributed by atoms with Crippen LogP contribution in [-0.2, 0) is 9.47 Å². The smallest absolute Gasteiger partial charge is 0.163 e. The van der Waals surface area contributed by atoms with Crippen LogP contribution in [0.4, 0.5) is 0 Å². The first kappa shape index (κ1) is 14.0. The highest BCUT2D eigenvalue weighted by Gasteiger charge is 2.74. The maximum Gasteiger partial charge on any atom is 0.163 e. The number of nitrogens with zero attached hydrogens (tertiary/aromatic N) is 2. The lowest BCUT2D eigenvalue weighted by Gasteiger charge is -2.24. The van der Waals surface area contributed by atoms with E-state index in [1.165, 1.54) is 0 Å². The summed E-state index contributed by atoms with van der Waals surface area (Å²) < 4.78 is 14.7. The fourth-order valence-corrected chi connectivity index (χ4v) is 4.94. The van der Waals surface area contributed by atoms with Crippen LogP contribution in [0.3, 0.4) is 0 Å². The Hall–Kier alpha value is -1.36. The molecule has 3 aliphatic rings. The zero-order valence-electron chi connectivity index (χ0n) is 13.2. The summed E-state index contributed by atoms with van der Waals surface area (Å²) in [6.07, 6.45) is 7.11. The molecule has 3 fully saturated rings. The Labute approximate surface area is 140 Å². The van der Waals surface area contributed by atoms with Gasteiger partial charge in [-0.05, 0) is 38.3 Å². The summed E-state index contributed by atoms with van der Waals surface area (Å²) in [4.78, 5) is 4.55. The van der Waals surface area contributed by atoms with Crippen LogP contribution >= 0.6 is 11.6 Å². The van der Waals surface area contributed by atoms with Crippen molar-refractivity contribution in [3.8, 4) is 0 Å². The molecule has 0 unspecified atom stereocenters. The number of pyridine rings is 1. The van der Waals surface area contributed by atoms with Crippen LogP contribution in [0.2, 0.25) is 5.02 Å². The fourth-order valence-electron chi connectivity index (χ4n) is 4.74. The lowest BCUT2D eigenvalue weighted by atomic mass is 10.00. The molecular weight excluding hydrogens is 312 g/mol. The molecule has 120 valence electrons. The van der Waals surface area contributed by atoms with Crippen LogP contribution in [-0.4, -0.2) is 27.5 Å². The van der Waals surface area contributed by atoms with Crippen LogP contribution in [0.5, 0.6) is 0 Å². The molecule has 0 amide bonds. The van der Waals surface area contributed by atoms with Crippen molar-refractivity contribution in [2.75, 3.05) is 0 Å². The van der Waals surface area contributed by atoms with Gasteiger partial charge in [0.2, 0.25) is 0 Å². The molecule has 1 aliphatic heterocycles. The molecule has 0 aromatic carbocycles. The van der Waals surface area contributed by atoms with Crippen LogP contribution in [0.15, 0.2) is 37.2 Å². The highest BCUT2D eigenvalue weighted by atomic mass is 35.5. The molecule has 2 aromatic rings. The van der Waals surface area contributed by atoms with Gasteiger partial charge in [0.25, 0.3) is 0 Å². The SMILES string of the molecule is C=C[C@@]12C[C@@H]1[C@@H](n1ccc3c(Cl)ccnc31)[C@@H]1OC(C)(C)O[C@@H]12. The predicted molar refractivity (Wildman–Crippen MR) is 88.3 cm³/mol. The molecule has 2 aliphatic carbocycles. The number of hydrogen-bond acceptors (Lipinski definition) is 3. The van der Waals surface area contributed by atoms with E-state index in [-0.39, 0.29) is 23.7 Å².